The molecule has 0 atom stereocenters. The molecule has 1 nitrogen and oxygen atoms in total. The Balaban J connectivity index is 2.09. The van der Waals surface area contributed by atoms with Crippen molar-refractivity contribution in [1.29, 1.82) is 0 Å². The largest absolute Gasteiger partial charge is 0.489 e. The third-order valence-corrected chi connectivity index (χ3v) is 3.57. The van der Waals surface area contributed by atoms with Gasteiger partial charge in [-0.3, -0.25) is 0 Å². The van der Waals surface area contributed by atoms with Crippen LogP contribution in [0.4, 0.5) is 4.39 Å². The van der Waals surface area contributed by atoms with E-state index in [-0.39, 0.29) is 12.4 Å². The Bertz CT molecular complexity index is 545. The van der Waals surface area contributed by atoms with Gasteiger partial charge >= 0.3 is 0 Å². The van der Waals surface area contributed by atoms with Gasteiger partial charge in [-0.25, -0.2) is 4.39 Å². The number of hydrogen-bond acceptors (Lipinski definition) is 1. The van der Waals surface area contributed by atoms with E-state index >= 15 is 0 Å². The Morgan fingerprint density at radius 2 is 1.89 bits per heavy atom. The van der Waals surface area contributed by atoms with Crippen LogP contribution < -0.4 is 4.74 Å². The lowest BCUT2D eigenvalue weighted by molar-refractivity contribution is 0.299. The second kappa shape index (κ2) is 6.21. The number of rotatable bonds is 4. The summed E-state index contributed by atoms with van der Waals surface area (Å²) in [6.45, 7) is 0.204. The lowest BCUT2D eigenvalue weighted by atomic mass is 10.2. The Kier molecular flexibility index (Phi) is 4.61. The van der Waals surface area contributed by atoms with Gasteiger partial charge in [0, 0.05) is 15.9 Å². The second-order valence-corrected chi connectivity index (χ2v) is 4.89. The Morgan fingerprint density at radius 1 is 1.11 bits per heavy atom. The first-order valence-electron chi connectivity index (χ1n) is 5.41. The lowest BCUT2D eigenvalue weighted by Crippen LogP contribution is -1.98. The van der Waals surface area contributed by atoms with Crippen LogP contribution in [0.25, 0.3) is 0 Å². The van der Waals surface area contributed by atoms with Crippen LogP contribution in [0.1, 0.15) is 11.1 Å². The lowest BCUT2D eigenvalue weighted by Gasteiger charge is -2.09. The van der Waals surface area contributed by atoms with Crippen molar-refractivity contribution in [2.75, 3.05) is 0 Å². The van der Waals surface area contributed by atoms with Crippen LogP contribution in [-0.4, -0.2) is 0 Å². The van der Waals surface area contributed by atoms with Crippen molar-refractivity contribution < 1.29 is 9.13 Å². The van der Waals surface area contributed by atoms with Gasteiger partial charge in [0.05, 0.1) is 0 Å². The minimum Gasteiger partial charge on any atom is -0.489 e. The van der Waals surface area contributed by atoms with Gasteiger partial charge in [0.1, 0.15) is 18.2 Å². The molecule has 0 saturated heterocycles. The van der Waals surface area contributed by atoms with E-state index in [2.05, 4.69) is 15.9 Å². The normalized spacial score (nSPS) is 10.4. The van der Waals surface area contributed by atoms with Gasteiger partial charge in [0.2, 0.25) is 0 Å². The fourth-order valence-corrected chi connectivity index (χ4v) is 2.29. The third-order valence-electron chi connectivity index (χ3n) is 2.51. The average Bonchev–Trinajstić information content (AvgIpc) is 2.39. The summed E-state index contributed by atoms with van der Waals surface area (Å²) in [6.07, 6.45) is 0. The Hall–Kier alpha value is -1.06. The first-order chi connectivity index (χ1) is 8.70. The fourth-order valence-electron chi connectivity index (χ4n) is 1.52. The molecule has 0 saturated carbocycles. The summed E-state index contributed by atoms with van der Waals surface area (Å²) in [5.41, 5.74) is 1.48. The third kappa shape index (κ3) is 3.24. The van der Waals surface area contributed by atoms with Crippen molar-refractivity contribution in [1.82, 2.24) is 0 Å². The van der Waals surface area contributed by atoms with E-state index in [1.165, 1.54) is 6.07 Å². The predicted octanol–water partition coefficient (Wildman–Crippen LogP) is 4.91. The molecule has 0 spiro atoms. The van der Waals surface area contributed by atoms with E-state index in [1.54, 1.807) is 18.2 Å². The van der Waals surface area contributed by atoms with E-state index in [0.717, 1.165) is 10.0 Å². The molecule has 2 rings (SSSR count). The molecule has 0 radical (unpaired) electrons. The maximum atomic E-state index is 13.4. The molecule has 0 aliphatic heterocycles. The molecule has 0 heterocycles. The van der Waals surface area contributed by atoms with Crippen molar-refractivity contribution in [2.45, 2.75) is 12.5 Å². The maximum absolute atomic E-state index is 13.4. The molecular formula is C14H11BrClFO. The van der Waals surface area contributed by atoms with Gasteiger partial charge in [-0.2, -0.15) is 0 Å². The van der Waals surface area contributed by atoms with E-state index < -0.39 is 0 Å². The monoisotopic (exact) mass is 328 g/mol. The summed E-state index contributed by atoms with van der Waals surface area (Å²) in [6, 6.07) is 12.1. The molecule has 0 unspecified atom stereocenters. The van der Waals surface area contributed by atoms with Crippen molar-refractivity contribution >= 4 is 27.5 Å². The van der Waals surface area contributed by atoms with Crippen LogP contribution in [0.2, 0.25) is 0 Å². The van der Waals surface area contributed by atoms with Gasteiger partial charge in [0.15, 0.2) is 0 Å². The van der Waals surface area contributed by atoms with Crippen LogP contribution in [0, 0.1) is 5.82 Å². The van der Waals surface area contributed by atoms with Crippen molar-refractivity contribution in [2.24, 2.45) is 0 Å². The number of hydrogen-bond donors (Lipinski definition) is 0. The summed E-state index contributed by atoms with van der Waals surface area (Å²) in [4.78, 5) is 0. The highest BCUT2D eigenvalue weighted by atomic mass is 79.9. The molecule has 4 heteroatoms. The first kappa shape index (κ1) is 13.4. The minimum atomic E-state index is -0.257. The number of ether oxygens (including phenoxy) is 1. The maximum Gasteiger partial charge on any atom is 0.129 e. The standard InChI is InChI=1S/C14H11BrClFO/c15-13-6-5-12(7-11(13)8-16)18-9-10-3-1-2-4-14(10)17/h1-7H,8-9H2. The van der Waals surface area contributed by atoms with Gasteiger partial charge in [0.25, 0.3) is 0 Å². The zero-order valence-corrected chi connectivity index (χ0v) is 11.8. The Morgan fingerprint density at radius 3 is 2.61 bits per heavy atom. The zero-order chi connectivity index (χ0) is 13.0. The number of alkyl halides is 1. The van der Waals surface area contributed by atoms with Crippen molar-refractivity contribution in [3.8, 4) is 5.75 Å². The molecule has 0 fully saturated rings. The van der Waals surface area contributed by atoms with Gasteiger partial charge in [-0.1, -0.05) is 34.1 Å². The first-order valence-corrected chi connectivity index (χ1v) is 6.74. The molecule has 18 heavy (non-hydrogen) atoms. The molecule has 0 N–H and O–H groups in total. The van der Waals surface area contributed by atoms with E-state index in [9.17, 15) is 4.39 Å². The summed E-state index contributed by atoms with van der Waals surface area (Å²) in [5, 5.41) is 0. The van der Waals surface area contributed by atoms with E-state index in [1.807, 2.05) is 18.2 Å². The summed E-state index contributed by atoms with van der Waals surface area (Å²) in [7, 11) is 0. The van der Waals surface area contributed by atoms with Gasteiger partial charge < -0.3 is 4.74 Å². The molecular weight excluding hydrogens is 319 g/mol. The van der Waals surface area contributed by atoms with Crippen molar-refractivity contribution in [3.63, 3.8) is 0 Å². The number of halogens is 3. The van der Waals surface area contributed by atoms with Gasteiger partial charge in [-0.05, 0) is 29.8 Å². The molecule has 0 aromatic heterocycles. The highest BCUT2D eigenvalue weighted by Crippen LogP contribution is 2.24. The predicted molar refractivity (Wildman–Crippen MR) is 74.4 cm³/mol. The summed E-state index contributed by atoms with van der Waals surface area (Å²) in [5.74, 6) is 0.821. The molecule has 0 aliphatic rings. The topological polar surface area (TPSA) is 9.23 Å². The summed E-state index contributed by atoms with van der Waals surface area (Å²) >= 11 is 9.20. The van der Waals surface area contributed by atoms with Crippen molar-refractivity contribution in [3.05, 3.63) is 63.9 Å². The second-order valence-electron chi connectivity index (χ2n) is 3.77. The van der Waals surface area contributed by atoms with Crippen LogP contribution >= 0.6 is 27.5 Å². The van der Waals surface area contributed by atoms with Crippen LogP contribution in [-0.2, 0) is 12.5 Å². The van der Waals surface area contributed by atoms with Crippen LogP contribution in [0.5, 0.6) is 5.75 Å². The summed E-state index contributed by atoms with van der Waals surface area (Å²) < 4.78 is 19.9. The molecule has 0 bridgehead atoms. The smallest absolute Gasteiger partial charge is 0.129 e. The van der Waals surface area contributed by atoms with Crippen LogP contribution in [0.3, 0.4) is 0 Å². The fraction of sp³-hybridized carbons (Fsp3) is 0.143. The van der Waals surface area contributed by atoms with E-state index in [4.69, 9.17) is 16.3 Å². The molecule has 0 aliphatic carbocycles. The zero-order valence-electron chi connectivity index (χ0n) is 9.50. The minimum absolute atomic E-state index is 0.204. The quantitative estimate of drug-likeness (QED) is 0.725. The average molecular weight is 330 g/mol. The Labute approximate surface area is 119 Å². The highest BCUT2D eigenvalue weighted by molar-refractivity contribution is 9.10. The number of benzene rings is 2. The van der Waals surface area contributed by atoms with E-state index in [0.29, 0.717) is 17.2 Å². The van der Waals surface area contributed by atoms with Gasteiger partial charge in [-0.15, -0.1) is 11.6 Å². The molecule has 94 valence electrons. The SMILES string of the molecule is Fc1ccccc1COc1ccc(Br)c(CCl)c1. The molecule has 0 amide bonds. The van der Waals surface area contributed by atoms with Crippen LogP contribution in [0.15, 0.2) is 46.9 Å². The molecule has 2 aromatic rings. The molecule has 2 aromatic carbocycles. The highest BCUT2D eigenvalue weighted by Gasteiger charge is 2.04.